The van der Waals surface area contributed by atoms with Gasteiger partial charge in [0, 0.05) is 24.1 Å². The Morgan fingerprint density at radius 2 is 1.76 bits per heavy atom. The second kappa shape index (κ2) is 5.56. The van der Waals surface area contributed by atoms with Gasteiger partial charge < -0.3 is 10.6 Å². The van der Waals surface area contributed by atoms with Gasteiger partial charge in [0.1, 0.15) is 0 Å². The zero-order chi connectivity index (χ0) is 14.8. The maximum Gasteiger partial charge on any atom is 0.257 e. The van der Waals surface area contributed by atoms with Gasteiger partial charge in [0.05, 0.1) is 11.3 Å². The molecule has 0 bridgehead atoms. The molecule has 21 heavy (non-hydrogen) atoms. The minimum Gasteiger partial charge on any atom is -0.381 e. The van der Waals surface area contributed by atoms with E-state index in [-0.39, 0.29) is 5.91 Å². The van der Waals surface area contributed by atoms with Gasteiger partial charge in [-0.2, -0.15) is 0 Å². The third-order valence-electron chi connectivity index (χ3n) is 3.43. The lowest BCUT2D eigenvalue weighted by molar-refractivity contribution is 0.102. The van der Waals surface area contributed by atoms with Crippen molar-refractivity contribution < 1.29 is 4.79 Å². The molecule has 0 atom stereocenters. The number of pyridine rings is 1. The smallest absolute Gasteiger partial charge is 0.257 e. The summed E-state index contributed by atoms with van der Waals surface area (Å²) >= 11 is 0. The average Bonchev–Trinajstić information content (AvgIpc) is 3.21. The molecule has 1 aliphatic rings. The zero-order valence-electron chi connectivity index (χ0n) is 12.3. The Labute approximate surface area is 124 Å². The first-order chi connectivity index (χ1) is 10.1. The molecule has 1 aliphatic carbocycles. The van der Waals surface area contributed by atoms with Crippen molar-refractivity contribution in [3.63, 3.8) is 0 Å². The fourth-order valence-electron chi connectivity index (χ4n) is 2.36. The number of aryl methyl sites for hydroxylation is 2. The summed E-state index contributed by atoms with van der Waals surface area (Å²) in [5, 5.41) is 6.28. The van der Waals surface area contributed by atoms with E-state index >= 15 is 0 Å². The number of carbonyl (C=O) groups is 1. The number of amides is 1. The minimum atomic E-state index is -0.132. The van der Waals surface area contributed by atoms with Crippen LogP contribution in [0.2, 0.25) is 0 Å². The molecule has 3 rings (SSSR count). The van der Waals surface area contributed by atoms with E-state index in [0.717, 1.165) is 22.5 Å². The maximum absolute atomic E-state index is 12.3. The molecule has 2 aromatic rings. The largest absolute Gasteiger partial charge is 0.381 e. The van der Waals surface area contributed by atoms with E-state index < -0.39 is 0 Å². The molecule has 0 unspecified atom stereocenters. The van der Waals surface area contributed by atoms with Crippen molar-refractivity contribution in [2.45, 2.75) is 32.7 Å². The maximum atomic E-state index is 12.3. The molecule has 4 heteroatoms. The molecule has 1 aromatic heterocycles. The van der Waals surface area contributed by atoms with Crippen molar-refractivity contribution in [3.05, 3.63) is 53.3 Å². The van der Waals surface area contributed by atoms with E-state index in [1.54, 1.807) is 12.4 Å². The number of anilines is 2. The Morgan fingerprint density at radius 1 is 1.05 bits per heavy atom. The van der Waals surface area contributed by atoms with Crippen molar-refractivity contribution in [2.24, 2.45) is 0 Å². The van der Waals surface area contributed by atoms with Crippen molar-refractivity contribution >= 4 is 17.3 Å². The van der Waals surface area contributed by atoms with Crippen LogP contribution in [0.5, 0.6) is 0 Å². The van der Waals surface area contributed by atoms with Gasteiger partial charge >= 0.3 is 0 Å². The summed E-state index contributed by atoms with van der Waals surface area (Å²) in [6.07, 6.45) is 5.74. The van der Waals surface area contributed by atoms with E-state index in [1.165, 1.54) is 12.8 Å². The molecule has 0 aliphatic heterocycles. The lowest BCUT2D eigenvalue weighted by Gasteiger charge is -2.09. The summed E-state index contributed by atoms with van der Waals surface area (Å²) in [4.78, 5) is 16.5. The van der Waals surface area contributed by atoms with Gasteiger partial charge in [-0.05, 0) is 56.0 Å². The van der Waals surface area contributed by atoms with Gasteiger partial charge in [-0.1, -0.05) is 6.07 Å². The highest BCUT2D eigenvalue weighted by Crippen LogP contribution is 2.24. The summed E-state index contributed by atoms with van der Waals surface area (Å²) in [5.41, 5.74) is 4.56. The summed E-state index contributed by atoms with van der Waals surface area (Å²) in [5.74, 6) is -0.132. The number of rotatable bonds is 4. The molecular formula is C17H19N3O. The normalized spacial score (nSPS) is 13.8. The highest BCUT2D eigenvalue weighted by Gasteiger charge is 2.21. The van der Waals surface area contributed by atoms with E-state index in [0.29, 0.717) is 11.6 Å². The standard InChI is InChI=1S/C17H19N3O/c1-11-5-12(2)7-15(6-11)20-17(21)13-8-16(10-18-9-13)19-14-3-4-14/h5-10,14,19H,3-4H2,1-2H3,(H,20,21). The Hall–Kier alpha value is -2.36. The van der Waals surface area contributed by atoms with E-state index in [2.05, 4.69) is 21.7 Å². The van der Waals surface area contributed by atoms with Gasteiger partial charge in [0.2, 0.25) is 0 Å². The Bertz CT molecular complexity index is 657. The molecule has 4 nitrogen and oxygen atoms in total. The van der Waals surface area contributed by atoms with Crippen LogP contribution in [0.15, 0.2) is 36.7 Å². The van der Waals surface area contributed by atoms with Crippen LogP contribution in [0.3, 0.4) is 0 Å². The van der Waals surface area contributed by atoms with Crippen molar-refractivity contribution in [3.8, 4) is 0 Å². The molecule has 1 aromatic carbocycles. The number of nitrogens with zero attached hydrogens (tertiary/aromatic N) is 1. The fourth-order valence-corrected chi connectivity index (χ4v) is 2.36. The predicted molar refractivity (Wildman–Crippen MR) is 84.8 cm³/mol. The van der Waals surface area contributed by atoms with Crippen LogP contribution < -0.4 is 10.6 Å². The van der Waals surface area contributed by atoms with Gasteiger partial charge in [0.15, 0.2) is 0 Å². The monoisotopic (exact) mass is 281 g/mol. The Balaban J connectivity index is 1.74. The average molecular weight is 281 g/mol. The van der Waals surface area contributed by atoms with Crippen LogP contribution in [0.4, 0.5) is 11.4 Å². The zero-order valence-corrected chi connectivity index (χ0v) is 12.3. The van der Waals surface area contributed by atoms with E-state index in [9.17, 15) is 4.79 Å². The second-order valence-electron chi connectivity index (χ2n) is 5.71. The predicted octanol–water partition coefficient (Wildman–Crippen LogP) is 3.53. The first-order valence-corrected chi connectivity index (χ1v) is 7.21. The van der Waals surface area contributed by atoms with Crippen molar-refractivity contribution in [2.75, 3.05) is 10.6 Å². The first kappa shape index (κ1) is 13.6. The molecule has 1 saturated carbocycles. The molecule has 108 valence electrons. The summed E-state index contributed by atoms with van der Waals surface area (Å²) in [7, 11) is 0. The third-order valence-corrected chi connectivity index (χ3v) is 3.43. The quantitative estimate of drug-likeness (QED) is 0.901. The minimum absolute atomic E-state index is 0.132. The van der Waals surface area contributed by atoms with Crippen LogP contribution >= 0.6 is 0 Å². The molecule has 0 saturated heterocycles. The van der Waals surface area contributed by atoms with Crippen LogP contribution in [-0.4, -0.2) is 16.9 Å². The van der Waals surface area contributed by atoms with Gasteiger partial charge in [-0.25, -0.2) is 0 Å². The molecule has 0 spiro atoms. The third kappa shape index (κ3) is 3.60. The topological polar surface area (TPSA) is 54.0 Å². The highest BCUT2D eigenvalue weighted by atomic mass is 16.1. The van der Waals surface area contributed by atoms with Crippen LogP contribution in [-0.2, 0) is 0 Å². The Kier molecular flexibility index (Phi) is 3.60. The van der Waals surface area contributed by atoms with Crippen LogP contribution in [0, 0.1) is 13.8 Å². The SMILES string of the molecule is Cc1cc(C)cc(NC(=O)c2cncc(NC3CC3)c2)c1. The van der Waals surface area contributed by atoms with Crippen LogP contribution in [0.25, 0.3) is 0 Å². The molecule has 1 amide bonds. The van der Waals surface area contributed by atoms with Crippen molar-refractivity contribution in [1.29, 1.82) is 0 Å². The second-order valence-corrected chi connectivity index (χ2v) is 5.71. The van der Waals surface area contributed by atoms with Crippen LogP contribution in [0.1, 0.15) is 34.3 Å². The van der Waals surface area contributed by atoms with E-state index in [1.807, 2.05) is 32.0 Å². The number of aromatic nitrogens is 1. The fraction of sp³-hybridized carbons (Fsp3) is 0.294. The number of benzene rings is 1. The van der Waals surface area contributed by atoms with E-state index in [4.69, 9.17) is 0 Å². The number of hydrogen-bond acceptors (Lipinski definition) is 3. The number of nitrogens with one attached hydrogen (secondary N) is 2. The van der Waals surface area contributed by atoms with Gasteiger partial charge in [0.25, 0.3) is 5.91 Å². The molecule has 0 radical (unpaired) electrons. The lowest BCUT2D eigenvalue weighted by Crippen LogP contribution is -2.13. The summed E-state index contributed by atoms with van der Waals surface area (Å²) in [6.45, 7) is 4.04. The number of carbonyl (C=O) groups excluding carboxylic acids is 1. The summed E-state index contributed by atoms with van der Waals surface area (Å²) in [6, 6.07) is 8.40. The first-order valence-electron chi connectivity index (χ1n) is 7.21. The highest BCUT2D eigenvalue weighted by molar-refractivity contribution is 6.04. The molecule has 1 fully saturated rings. The van der Waals surface area contributed by atoms with Crippen molar-refractivity contribution in [1.82, 2.24) is 4.98 Å². The molecular weight excluding hydrogens is 262 g/mol. The lowest BCUT2D eigenvalue weighted by atomic mass is 10.1. The molecule has 1 heterocycles. The Morgan fingerprint density at radius 3 is 2.43 bits per heavy atom. The summed E-state index contributed by atoms with van der Waals surface area (Å²) < 4.78 is 0. The van der Waals surface area contributed by atoms with Gasteiger partial charge in [-0.3, -0.25) is 9.78 Å². The number of hydrogen-bond donors (Lipinski definition) is 2. The van der Waals surface area contributed by atoms with Gasteiger partial charge in [-0.15, -0.1) is 0 Å². The molecule has 2 N–H and O–H groups in total.